The highest BCUT2D eigenvalue weighted by Crippen LogP contribution is 2.38. The van der Waals surface area contributed by atoms with Crippen molar-refractivity contribution in [3.05, 3.63) is 20.8 Å². The normalized spacial score (nSPS) is 18.4. The molecule has 0 nitrogen and oxygen atoms in total. The summed E-state index contributed by atoms with van der Waals surface area (Å²) in [6, 6.07) is 2.24. The third-order valence-electron chi connectivity index (χ3n) is 2.66. The average Bonchev–Trinajstić information content (AvgIpc) is 2.92. The predicted octanol–water partition coefficient (Wildman–Crippen LogP) is 5.01. The van der Waals surface area contributed by atoms with Crippen molar-refractivity contribution >= 4 is 43.2 Å². The summed E-state index contributed by atoms with van der Waals surface area (Å²) in [6.07, 6.45) is 6.78. The van der Waals surface area contributed by atoms with E-state index in [4.69, 9.17) is 0 Å². The highest BCUT2D eigenvalue weighted by molar-refractivity contribution is 9.10. The molecule has 78 valence electrons. The maximum absolute atomic E-state index is 3.78. The Labute approximate surface area is 106 Å². The minimum absolute atomic E-state index is 0.783. The van der Waals surface area contributed by atoms with E-state index in [1.54, 1.807) is 0 Å². The lowest BCUT2D eigenvalue weighted by Gasteiger charge is -2.06. The van der Waals surface area contributed by atoms with Crippen LogP contribution in [-0.4, -0.2) is 4.83 Å². The zero-order valence-electron chi connectivity index (χ0n) is 8.01. The molecule has 0 radical (unpaired) electrons. The summed E-state index contributed by atoms with van der Waals surface area (Å²) in [7, 11) is 0. The third kappa shape index (κ3) is 3.35. The van der Waals surface area contributed by atoms with Gasteiger partial charge in [0.15, 0.2) is 0 Å². The van der Waals surface area contributed by atoms with Gasteiger partial charge in [-0.3, -0.25) is 0 Å². The van der Waals surface area contributed by atoms with Gasteiger partial charge in [-0.15, -0.1) is 11.3 Å². The van der Waals surface area contributed by atoms with Crippen LogP contribution in [0.15, 0.2) is 15.9 Å². The van der Waals surface area contributed by atoms with Gasteiger partial charge in [-0.05, 0) is 60.0 Å². The van der Waals surface area contributed by atoms with Gasteiger partial charge in [0.2, 0.25) is 0 Å². The van der Waals surface area contributed by atoms with E-state index in [2.05, 4.69) is 43.3 Å². The Bertz CT molecular complexity index is 291. The molecule has 14 heavy (non-hydrogen) atoms. The van der Waals surface area contributed by atoms with E-state index in [1.807, 2.05) is 11.3 Å². The lowest BCUT2D eigenvalue weighted by Crippen LogP contribution is -2.00. The van der Waals surface area contributed by atoms with E-state index in [-0.39, 0.29) is 0 Å². The molecule has 1 aliphatic rings. The summed E-state index contributed by atoms with van der Waals surface area (Å²) >= 11 is 9.13. The van der Waals surface area contributed by atoms with Crippen LogP contribution in [0, 0.1) is 5.92 Å². The van der Waals surface area contributed by atoms with Crippen molar-refractivity contribution in [2.75, 3.05) is 0 Å². The average molecular weight is 338 g/mol. The highest BCUT2D eigenvalue weighted by Gasteiger charge is 2.28. The molecule has 0 N–H and O–H groups in total. The summed E-state index contributed by atoms with van der Waals surface area (Å²) in [5.74, 6) is 0.991. The van der Waals surface area contributed by atoms with Gasteiger partial charge >= 0.3 is 0 Å². The molecule has 0 aromatic carbocycles. The standard InChI is InChI=1S/C11H14Br2S/c12-9-6-10(14-7-9)2-1-3-11(13)8-4-5-8/h6-8,11H,1-5H2. The molecule has 1 aromatic rings. The number of hydrogen-bond acceptors (Lipinski definition) is 1. The number of rotatable bonds is 5. The second-order valence-corrected chi connectivity index (χ2v) is 7.06. The van der Waals surface area contributed by atoms with Crippen LogP contribution >= 0.6 is 43.2 Å². The van der Waals surface area contributed by atoms with Crippen molar-refractivity contribution < 1.29 is 0 Å². The zero-order valence-corrected chi connectivity index (χ0v) is 12.0. The first-order chi connectivity index (χ1) is 6.75. The van der Waals surface area contributed by atoms with Gasteiger partial charge in [-0.2, -0.15) is 0 Å². The quantitative estimate of drug-likeness (QED) is 0.663. The van der Waals surface area contributed by atoms with Crippen molar-refractivity contribution in [1.82, 2.24) is 0 Å². The zero-order chi connectivity index (χ0) is 9.97. The van der Waals surface area contributed by atoms with Crippen LogP contribution in [-0.2, 0) is 6.42 Å². The molecule has 3 heteroatoms. The second-order valence-electron chi connectivity index (χ2n) is 3.98. The van der Waals surface area contributed by atoms with Crippen LogP contribution in [0.1, 0.15) is 30.6 Å². The largest absolute Gasteiger partial charge is 0.148 e. The minimum Gasteiger partial charge on any atom is -0.148 e. The van der Waals surface area contributed by atoms with Gasteiger partial charge in [0.1, 0.15) is 0 Å². The maximum Gasteiger partial charge on any atom is 0.0285 e. The molecule has 0 spiro atoms. The van der Waals surface area contributed by atoms with Gasteiger partial charge in [0.25, 0.3) is 0 Å². The summed E-state index contributed by atoms with van der Waals surface area (Å²) in [5, 5.41) is 2.17. The van der Waals surface area contributed by atoms with Crippen molar-refractivity contribution in [2.24, 2.45) is 5.92 Å². The summed E-state index contributed by atoms with van der Waals surface area (Å²) in [5.41, 5.74) is 0. The summed E-state index contributed by atoms with van der Waals surface area (Å²) in [6.45, 7) is 0. The molecule has 1 unspecified atom stereocenters. The van der Waals surface area contributed by atoms with E-state index >= 15 is 0 Å². The first-order valence-corrected chi connectivity index (χ1v) is 7.71. The number of alkyl halides is 1. The van der Waals surface area contributed by atoms with E-state index in [0.717, 1.165) is 10.7 Å². The van der Waals surface area contributed by atoms with Crippen LogP contribution in [0.5, 0.6) is 0 Å². The Balaban J connectivity index is 1.67. The summed E-state index contributed by atoms with van der Waals surface area (Å²) < 4.78 is 1.23. The van der Waals surface area contributed by atoms with Gasteiger partial charge in [-0.25, -0.2) is 0 Å². The molecule has 1 fully saturated rings. The molecule has 1 heterocycles. The Morgan fingerprint density at radius 2 is 2.29 bits per heavy atom. The van der Waals surface area contributed by atoms with Crippen LogP contribution in [0.25, 0.3) is 0 Å². The predicted molar refractivity (Wildman–Crippen MR) is 70.4 cm³/mol. The Kier molecular flexibility index (Phi) is 4.09. The van der Waals surface area contributed by atoms with Crippen molar-refractivity contribution in [3.8, 4) is 0 Å². The second kappa shape index (κ2) is 5.13. The number of halogens is 2. The molecule has 1 aromatic heterocycles. The van der Waals surface area contributed by atoms with Crippen molar-refractivity contribution in [1.29, 1.82) is 0 Å². The van der Waals surface area contributed by atoms with Gasteiger partial charge in [-0.1, -0.05) is 15.9 Å². The molecular formula is C11H14Br2S. The van der Waals surface area contributed by atoms with Gasteiger partial charge in [0.05, 0.1) is 0 Å². The lowest BCUT2D eigenvalue weighted by molar-refractivity contribution is 0.656. The molecule has 2 rings (SSSR count). The van der Waals surface area contributed by atoms with E-state index < -0.39 is 0 Å². The molecule has 1 atom stereocenters. The number of aryl methyl sites for hydroxylation is 1. The number of thiophene rings is 1. The van der Waals surface area contributed by atoms with Crippen LogP contribution in [0.3, 0.4) is 0 Å². The van der Waals surface area contributed by atoms with Crippen LogP contribution in [0.4, 0.5) is 0 Å². The molecule has 0 saturated heterocycles. The van der Waals surface area contributed by atoms with Crippen molar-refractivity contribution in [2.45, 2.75) is 36.9 Å². The molecule has 0 amide bonds. The van der Waals surface area contributed by atoms with Crippen LogP contribution < -0.4 is 0 Å². The fourth-order valence-electron chi connectivity index (χ4n) is 1.65. The third-order valence-corrected chi connectivity index (χ3v) is 5.62. The minimum atomic E-state index is 0.783. The summed E-state index contributed by atoms with van der Waals surface area (Å²) in [4.78, 5) is 2.29. The molecular weight excluding hydrogens is 324 g/mol. The topological polar surface area (TPSA) is 0 Å². The fraction of sp³-hybridized carbons (Fsp3) is 0.636. The van der Waals surface area contributed by atoms with Crippen LogP contribution in [0.2, 0.25) is 0 Å². The van der Waals surface area contributed by atoms with E-state index in [9.17, 15) is 0 Å². The van der Waals surface area contributed by atoms with Gasteiger partial charge in [0, 0.05) is 19.6 Å². The SMILES string of the molecule is Brc1csc(CCCC(Br)C2CC2)c1. The van der Waals surface area contributed by atoms with Crippen molar-refractivity contribution in [3.63, 3.8) is 0 Å². The van der Waals surface area contributed by atoms with Gasteiger partial charge < -0.3 is 0 Å². The van der Waals surface area contributed by atoms with E-state index in [0.29, 0.717) is 0 Å². The number of hydrogen-bond donors (Lipinski definition) is 0. The molecule has 0 bridgehead atoms. The first kappa shape index (κ1) is 11.2. The fourth-order valence-corrected chi connectivity index (χ4v) is 4.00. The highest BCUT2D eigenvalue weighted by atomic mass is 79.9. The first-order valence-electron chi connectivity index (χ1n) is 5.12. The lowest BCUT2D eigenvalue weighted by atomic mass is 10.1. The maximum atomic E-state index is 3.78. The Morgan fingerprint density at radius 1 is 1.50 bits per heavy atom. The molecule has 1 saturated carbocycles. The van der Waals surface area contributed by atoms with E-state index in [1.165, 1.54) is 41.5 Å². The molecule has 0 aliphatic heterocycles. The molecule has 1 aliphatic carbocycles. The Hall–Kier alpha value is 0.660. The smallest absolute Gasteiger partial charge is 0.0285 e. The Morgan fingerprint density at radius 3 is 2.86 bits per heavy atom. The monoisotopic (exact) mass is 336 g/mol.